The van der Waals surface area contributed by atoms with E-state index in [1.807, 2.05) is 0 Å². The molecule has 7 heteroatoms. The first kappa shape index (κ1) is 20.4. The van der Waals surface area contributed by atoms with Gasteiger partial charge in [-0.15, -0.1) is 0 Å². The summed E-state index contributed by atoms with van der Waals surface area (Å²) >= 11 is 0. The second-order valence-corrected chi connectivity index (χ2v) is 6.52. The standard InChI is InChI=1S/C19H30F2N4O/c1-3-25-11-7-15(8-12-25)6-9-23-19(22-2)24-10-13-26-18-5-4-16(20)14-17(18)21/h4-5,14-15H,3,6-13H2,1-2H3,(H2,22,23,24). The third kappa shape index (κ3) is 6.78. The molecule has 0 radical (unpaired) electrons. The molecule has 2 rings (SSSR count). The Hall–Kier alpha value is -1.89. The highest BCUT2D eigenvalue weighted by Crippen LogP contribution is 2.19. The van der Waals surface area contributed by atoms with Crippen LogP contribution in [0.25, 0.3) is 0 Å². The molecule has 1 heterocycles. The number of hydrogen-bond donors (Lipinski definition) is 2. The number of likely N-dealkylation sites (tertiary alicyclic amines) is 1. The monoisotopic (exact) mass is 368 g/mol. The zero-order chi connectivity index (χ0) is 18.8. The molecular formula is C19H30F2N4O. The fourth-order valence-electron chi connectivity index (χ4n) is 3.13. The van der Waals surface area contributed by atoms with E-state index in [0.29, 0.717) is 12.5 Å². The molecule has 0 aliphatic carbocycles. The van der Waals surface area contributed by atoms with Crippen molar-refractivity contribution in [1.82, 2.24) is 15.5 Å². The van der Waals surface area contributed by atoms with E-state index in [1.54, 1.807) is 7.05 Å². The summed E-state index contributed by atoms with van der Waals surface area (Å²) in [5.74, 6) is 0.224. The predicted molar refractivity (Wildman–Crippen MR) is 101 cm³/mol. The van der Waals surface area contributed by atoms with Gasteiger partial charge >= 0.3 is 0 Å². The van der Waals surface area contributed by atoms with E-state index >= 15 is 0 Å². The first-order valence-corrected chi connectivity index (χ1v) is 9.37. The number of piperidine rings is 1. The molecule has 0 spiro atoms. The van der Waals surface area contributed by atoms with Crippen LogP contribution in [0.2, 0.25) is 0 Å². The van der Waals surface area contributed by atoms with Gasteiger partial charge in [-0.2, -0.15) is 0 Å². The van der Waals surface area contributed by atoms with Crippen molar-refractivity contribution >= 4 is 5.96 Å². The molecule has 1 fully saturated rings. The summed E-state index contributed by atoms with van der Waals surface area (Å²) in [5, 5.41) is 6.44. The van der Waals surface area contributed by atoms with E-state index in [-0.39, 0.29) is 12.4 Å². The Labute approximate surface area is 154 Å². The van der Waals surface area contributed by atoms with Crippen LogP contribution in [0, 0.1) is 17.6 Å². The first-order chi connectivity index (χ1) is 12.6. The summed E-state index contributed by atoms with van der Waals surface area (Å²) in [6, 6.07) is 3.28. The lowest BCUT2D eigenvalue weighted by Gasteiger charge is -2.31. The molecule has 0 atom stereocenters. The molecule has 0 bridgehead atoms. The van der Waals surface area contributed by atoms with Gasteiger partial charge in [-0.25, -0.2) is 8.78 Å². The summed E-state index contributed by atoms with van der Waals surface area (Å²) in [4.78, 5) is 6.67. The fraction of sp³-hybridized carbons (Fsp3) is 0.632. The van der Waals surface area contributed by atoms with E-state index in [0.717, 1.165) is 31.5 Å². The Bertz CT molecular complexity index is 575. The molecule has 26 heavy (non-hydrogen) atoms. The molecule has 2 N–H and O–H groups in total. The first-order valence-electron chi connectivity index (χ1n) is 9.37. The molecule has 0 saturated carbocycles. The minimum absolute atomic E-state index is 0.0505. The Morgan fingerprint density at radius 2 is 1.96 bits per heavy atom. The molecule has 1 aromatic carbocycles. The lowest BCUT2D eigenvalue weighted by molar-refractivity contribution is 0.187. The van der Waals surface area contributed by atoms with Gasteiger partial charge in [-0.1, -0.05) is 6.92 Å². The number of benzene rings is 1. The Balaban J connectivity index is 1.59. The zero-order valence-electron chi connectivity index (χ0n) is 15.7. The van der Waals surface area contributed by atoms with Gasteiger partial charge in [0.2, 0.25) is 0 Å². The van der Waals surface area contributed by atoms with E-state index in [4.69, 9.17) is 4.74 Å². The molecule has 0 unspecified atom stereocenters. The summed E-state index contributed by atoms with van der Waals surface area (Å²) in [6.07, 6.45) is 3.66. The molecule has 1 aliphatic heterocycles. The third-order valence-corrected chi connectivity index (χ3v) is 4.77. The molecule has 0 aromatic heterocycles. The number of rotatable bonds is 8. The van der Waals surface area contributed by atoms with Crippen LogP contribution in [0.3, 0.4) is 0 Å². The number of nitrogens with zero attached hydrogens (tertiary/aromatic N) is 2. The average molecular weight is 368 g/mol. The van der Waals surface area contributed by atoms with Gasteiger partial charge in [0.15, 0.2) is 17.5 Å². The van der Waals surface area contributed by atoms with Crippen molar-refractivity contribution in [2.75, 3.05) is 46.4 Å². The topological polar surface area (TPSA) is 48.9 Å². The number of guanidine groups is 1. The van der Waals surface area contributed by atoms with Crippen LogP contribution in [-0.4, -0.2) is 57.2 Å². The van der Waals surface area contributed by atoms with E-state index in [1.165, 1.54) is 38.1 Å². The summed E-state index contributed by atoms with van der Waals surface area (Å²) in [6.45, 7) is 7.38. The van der Waals surface area contributed by atoms with Gasteiger partial charge in [0.05, 0.1) is 6.54 Å². The molecular weight excluding hydrogens is 338 g/mol. The van der Waals surface area contributed by atoms with Crippen LogP contribution in [0.5, 0.6) is 5.75 Å². The maximum Gasteiger partial charge on any atom is 0.191 e. The van der Waals surface area contributed by atoms with E-state index in [9.17, 15) is 8.78 Å². The van der Waals surface area contributed by atoms with Gasteiger partial charge < -0.3 is 20.3 Å². The SMILES string of the molecule is CCN1CCC(CCNC(=NC)NCCOc2ccc(F)cc2F)CC1. The maximum atomic E-state index is 13.5. The molecule has 1 aliphatic rings. The average Bonchev–Trinajstić information content (AvgIpc) is 2.65. The van der Waals surface area contributed by atoms with Crippen molar-refractivity contribution < 1.29 is 13.5 Å². The van der Waals surface area contributed by atoms with Crippen molar-refractivity contribution in [3.8, 4) is 5.75 Å². The van der Waals surface area contributed by atoms with Crippen molar-refractivity contribution in [1.29, 1.82) is 0 Å². The van der Waals surface area contributed by atoms with Crippen LogP contribution >= 0.6 is 0 Å². The van der Waals surface area contributed by atoms with Crippen molar-refractivity contribution in [2.45, 2.75) is 26.2 Å². The molecule has 1 aromatic rings. The third-order valence-electron chi connectivity index (χ3n) is 4.77. The van der Waals surface area contributed by atoms with Gasteiger partial charge in [0.25, 0.3) is 0 Å². The summed E-state index contributed by atoms with van der Waals surface area (Å²) < 4.78 is 31.6. The van der Waals surface area contributed by atoms with Crippen LogP contribution < -0.4 is 15.4 Å². The predicted octanol–water partition coefficient (Wildman–Crippen LogP) is 2.63. The summed E-state index contributed by atoms with van der Waals surface area (Å²) in [5.41, 5.74) is 0. The number of aliphatic imine (C=N–C) groups is 1. The highest BCUT2D eigenvalue weighted by atomic mass is 19.1. The minimum atomic E-state index is -0.693. The van der Waals surface area contributed by atoms with Crippen LogP contribution in [0.1, 0.15) is 26.2 Å². The number of nitrogens with one attached hydrogen (secondary N) is 2. The fourth-order valence-corrected chi connectivity index (χ4v) is 3.13. The molecule has 5 nitrogen and oxygen atoms in total. The second-order valence-electron chi connectivity index (χ2n) is 6.52. The Morgan fingerprint density at radius 3 is 2.62 bits per heavy atom. The Morgan fingerprint density at radius 1 is 1.23 bits per heavy atom. The highest BCUT2D eigenvalue weighted by molar-refractivity contribution is 5.79. The molecule has 0 amide bonds. The van der Waals surface area contributed by atoms with E-state index in [2.05, 4.69) is 27.4 Å². The largest absolute Gasteiger partial charge is 0.489 e. The van der Waals surface area contributed by atoms with Gasteiger partial charge in [0, 0.05) is 19.7 Å². The lowest BCUT2D eigenvalue weighted by atomic mass is 9.93. The van der Waals surface area contributed by atoms with Crippen molar-refractivity contribution in [3.63, 3.8) is 0 Å². The van der Waals surface area contributed by atoms with Crippen LogP contribution in [-0.2, 0) is 0 Å². The van der Waals surface area contributed by atoms with Crippen molar-refractivity contribution in [3.05, 3.63) is 29.8 Å². The van der Waals surface area contributed by atoms with Crippen molar-refractivity contribution in [2.24, 2.45) is 10.9 Å². The quantitative estimate of drug-likeness (QED) is 0.421. The van der Waals surface area contributed by atoms with Gasteiger partial charge in [0.1, 0.15) is 12.4 Å². The minimum Gasteiger partial charge on any atom is -0.489 e. The lowest BCUT2D eigenvalue weighted by Crippen LogP contribution is -2.41. The normalized spacial score (nSPS) is 16.5. The molecule has 146 valence electrons. The smallest absolute Gasteiger partial charge is 0.191 e. The Kier molecular flexibility index (Phi) is 8.61. The van der Waals surface area contributed by atoms with Crippen LogP contribution in [0.4, 0.5) is 8.78 Å². The highest BCUT2D eigenvalue weighted by Gasteiger charge is 2.17. The molecule has 1 saturated heterocycles. The second kappa shape index (κ2) is 11.0. The number of halogens is 2. The summed E-state index contributed by atoms with van der Waals surface area (Å²) in [7, 11) is 1.72. The number of ether oxygens (including phenoxy) is 1. The van der Waals surface area contributed by atoms with Crippen LogP contribution in [0.15, 0.2) is 23.2 Å². The van der Waals surface area contributed by atoms with Gasteiger partial charge in [-0.05, 0) is 56.9 Å². The maximum absolute atomic E-state index is 13.5. The number of hydrogen-bond acceptors (Lipinski definition) is 3. The van der Waals surface area contributed by atoms with Gasteiger partial charge in [-0.3, -0.25) is 4.99 Å². The zero-order valence-corrected chi connectivity index (χ0v) is 15.7. The van der Waals surface area contributed by atoms with E-state index < -0.39 is 11.6 Å².